The van der Waals surface area contributed by atoms with E-state index in [1.165, 1.54) is 11.1 Å². The van der Waals surface area contributed by atoms with Gasteiger partial charge in [0.1, 0.15) is 0 Å². The zero-order chi connectivity index (χ0) is 24.6. The van der Waals surface area contributed by atoms with Crippen LogP contribution in [0.15, 0.2) is 85.2 Å². The van der Waals surface area contributed by atoms with E-state index in [4.69, 9.17) is 0 Å². The average Bonchev–Trinajstić information content (AvgIpc) is 3.44. The molecule has 2 N–H and O–H groups in total. The second-order valence-corrected chi connectivity index (χ2v) is 10.6. The number of benzene rings is 2. The minimum atomic E-state index is -0.142. The lowest BCUT2D eigenvalue weighted by molar-refractivity contribution is -0.122. The summed E-state index contributed by atoms with van der Waals surface area (Å²) in [5.41, 5.74) is 3.83. The first-order chi connectivity index (χ1) is 17.8. The van der Waals surface area contributed by atoms with Gasteiger partial charge in [0.05, 0.1) is 17.5 Å². The van der Waals surface area contributed by atoms with Crippen molar-refractivity contribution in [1.29, 1.82) is 0 Å². The molecule has 7 heteroatoms. The van der Waals surface area contributed by atoms with Gasteiger partial charge in [0.2, 0.25) is 5.91 Å². The normalized spacial score (nSPS) is 21.0. The number of hydrogen-bond donors (Lipinski definition) is 2. The Morgan fingerprint density at radius 2 is 1.67 bits per heavy atom. The molecule has 2 aromatic carbocycles. The molecule has 6 nitrogen and oxygen atoms in total. The third-order valence-corrected chi connectivity index (χ3v) is 8.31. The van der Waals surface area contributed by atoms with Crippen molar-refractivity contribution < 1.29 is 4.79 Å². The van der Waals surface area contributed by atoms with Crippen molar-refractivity contribution in [3.63, 3.8) is 0 Å². The van der Waals surface area contributed by atoms with Gasteiger partial charge in [-0.05, 0) is 35.7 Å². The SMILES string of the molecule is O=C(NCCCN1CCN(C(c2ccccc2)c2ccccc2)CC1)C1CSC(c2cccnc2)N1. The third kappa shape index (κ3) is 6.34. The van der Waals surface area contributed by atoms with E-state index >= 15 is 0 Å². The first kappa shape index (κ1) is 25.0. The van der Waals surface area contributed by atoms with Gasteiger partial charge >= 0.3 is 0 Å². The fourth-order valence-corrected chi connectivity index (χ4v) is 6.34. The number of piperazine rings is 1. The molecule has 2 atom stereocenters. The average molecular weight is 502 g/mol. The first-order valence-electron chi connectivity index (χ1n) is 12.9. The van der Waals surface area contributed by atoms with Gasteiger partial charge < -0.3 is 10.2 Å². The van der Waals surface area contributed by atoms with Crippen LogP contribution in [0.25, 0.3) is 0 Å². The molecule has 0 saturated carbocycles. The van der Waals surface area contributed by atoms with Crippen molar-refractivity contribution in [3.8, 4) is 0 Å². The van der Waals surface area contributed by atoms with Gasteiger partial charge in [-0.3, -0.25) is 20.0 Å². The van der Waals surface area contributed by atoms with Crippen molar-refractivity contribution in [2.24, 2.45) is 0 Å². The minimum Gasteiger partial charge on any atom is -0.355 e. The Balaban J connectivity index is 1.05. The van der Waals surface area contributed by atoms with Crippen molar-refractivity contribution in [2.75, 3.05) is 45.0 Å². The Morgan fingerprint density at radius 1 is 0.972 bits per heavy atom. The fraction of sp³-hybridized carbons (Fsp3) is 0.379. The van der Waals surface area contributed by atoms with E-state index in [1.54, 1.807) is 18.0 Å². The van der Waals surface area contributed by atoms with Gasteiger partial charge in [-0.1, -0.05) is 66.7 Å². The molecule has 5 rings (SSSR count). The van der Waals surface area contributed by atoms with Crippen LogP contribution in [0.5, 0.6) is 0 Å². The molecular weight excluding hydrogens is 466 g/mol. The lowest BCUT2D eigenvalue weighted by Crippen LogP contribution is -2.48. The van der Waals surface area contributed by atoms with Crippen LogP contribution in [0.4, 0.5) is 0 Å². The van der Waals surface area contributed by atoms with Gasteiger partial charge in [-0.25, -0.2) is 0 Å². The predicted octanol–water partition coefficient (Wildman–Crippen LogP) is 3.70. The fourth-order valence-electron chi connectivity index (χ4n) is 5.11. The largest absolute Gasteiger partial charge is 0.355 e. The Labute approximate surface area is 218 Å². The number of pyridine rings is 1. The van der Waals surface area contributed by atoms with Gasteiger partial charge in [-0.2, -0.15) is 0 Å². The number of hydrogen-bond acceptors (Lipinski definition) is 6. The molecular formula is C29H35N5OS. The predicted molar refractivity (Wildman–Crippen MR) is 147 cm³/mol. The highest BCUT2D eigenvalue weighted by atomic mass is 32.2. The van der Waals surface area contributed by atoms with Crippen LogP contribution in [0, 0.1) is 0 Å². The van der Waals surface area contributed by atoms with Crippen LogP contribution >= 0.6 is 11.8 Å². The molecule has 0 aliphatic carbocycles. The number of carbonyl (C=O) groups is 1. The van der Waals surface area contributed by atoms with Gasteiger partial charge in [0.25, 0.3) is 0 Å². The Morgan fingerprint density at radius 3 is 2.31 bits per heavy atom. The van der Waals surface area contributed by atoms with Crippen molar-refractivity contribution in [3.05, 3.63) is 102 Å². The van der Waals surface area contributed by atoms with E-state index in [9.17, 15) is 4.79 Å². The summed E-state index contributed by atoms with van der Waals surface area (Å²) >= 11 is 1.77. The highest BCUT2D eigenvalue weighted by Crippen LogP contribution is 2.32. The monoisotopic (exact) mass is 501 g/mol. The summed E-state index contributed by atoms with van der Waals surface area (Å²) in [4.78, 5) is 22.0. The number of nitrogens with one attached hydrogen (secondary N) is 2. The number of thioether (sulfide) groups is 1. The molecule has 3 heterocycles. The van der Waals surface area contributed by atoms with Gasteiger partial charge in [0, 0.05) is 50.9 Å². The minimum absolute atomic E-state index is 0.104. The summed E-state index contributed by atoms with van der Waals surface area (Å²) < 4.78 is 0. The number of carbonyl (C=O) groups excluding carboxylic acids is 1. The molecule has 2 aliphatic heterocycles. The van der Waals surface area contributed by atoms with Crippen LogP contribution < -0.4 is 10.6 Å². The third-order valence-electron chi connectivity index (χ3n) is 7.04. The zero-order valence-electron chi connectivity index (χ0n) is 20.6. The van der Waals surface area contributed by atoms with Crippen LogP contribution in [-0.2, 0) is 4.79 Å². The second-order valence-electron chi connectivity index (χ2n) is 9.47. The van der Waals surface area contributed by atoms with E-state index in [0.717, 1.165) is 57.0 Å². The highest BCUT2D eigenvalue weighted by molar-refractivity contribution is 7.99. The Kier molecular flexibility index (Phi) is 8.67. The molecule has 1 aromatic heterocycles. The molecule has 2 fully saturated rings. The number of aromatic nitrogens is 1. The molecule has 188 valence electrons. The molecule has 36 heavy (non-hydrogen) atoms. The number of rotatable bonds is 9. The maximum absolute atomic E-state index is 12.6. The highest BCUT2D eigenvalue weighted by Gasteiger charge is 2.30. The van der Waals surface area contributed by atoms with Crippen LogP contribution in [-0.4, -0.2) is 71.8 Å². The summed E-state index contributed by atoms with van der Waals surface area (Å²) in [6.45, 7) is 5.92. The standard InChI is InChI=1S/C29H35N5OS/c35-28(26-22-36-29(32-26)25-13-7-14-30-21-25)31-15-8-16-33-17-19-34(20-18-33)27(23-9-3-1-4-10-23)24-11-5-2-6-12-24/h1-7,9-14,21,26-27,29,32H,8,15-20,22H2,(H,31,35). The molecule has 0 spiro atoms. The summed E-state index contributed by atoms with van der Waals surface area (Å²) in [7, 11) is 0. The molecule has 2 saturated heterocycles. The lowest BCUT2D eigenvalue weighted by Gasteiger charge is -2.39. The van der Waals surface area contributed by atoms with Crippen molar-refractivity contribution >= 4 is 17.7 Å². The van der Waals surface area contributed by atoms with Crippen LogP contribution in [0.3, 0.4) is 0 Å². The van der Waals surface area contributed by atoms with E-state index in [0.29, 0.717) is 6.04 Å². The van der Waals surface area contributed by atoms with Crippen LogP contribution in [0.1, 0.15) is 34.5 Å². The molecule has 2 aliphatic rings. The topological polar surface area (TPSA) is 60.5 Å². The summed E-state index contributed by atoms with van der Waals surface area (Å²) in [5, 5.41) is 6.71. The summed E-state index contributed by atoms with van der Waals surface area (Å²) in [5.74, 6) is 0.893. The Hall–Kier alpha value is -2.71. The maximum Gasteiger partial charge on any atom is 0.238 e. The zero-order valence-corrected chi connectivity index (χ0v) is 21.4. The molecule has 3 aromatic rings. The van der Waals surface area contributed by atoms with Crippen molar-refractivity contribution in [2.45, 2.75) is 23.9 Å². The molecule has 0 radical (unpaired) electrons. The van der Waals surface area contributed by atoms with E-state index in [1.807, 2.05) is 12.3 Å². The quantitative estimate of drug-likeness (QED) is 0.436. The van der Waals surface area contributed by atoms with E-state index in [-0.39, 0.29) is 17.3 Å². The van der Waals surface area contributed by atoms with E-state index < -0.39 is 0 Å². The molecule has 1 amide bonds. The molecule has 2 unspecified atom stereocenters. The Bertz CT molecular complexity index is 1040. The number of nitrogens with zero attached hydrogens (tertiary/aromatic N) is 3. The first-order valence-corrected chi connectivity index (χ1v) is 13.9. The van der Waals surface area contributed by atoms with E-state index in [2.05, 4.69) is 92.1 Å². The lowest BCUT2D eigenvalue weighted by atomic mass is 9.96. The smallest absolute Gasteiger partial charge is 0.238 e. The summed E-state index contributed by atoms with van der Waals surface area (Å²) in [6.07, 6.45) is 4.61. The van der Waals surface area contributed by atoms with Crippen molar-refractivity contribution in [1.82, 2.24) is 25.4 Å². The van der Waals surface area contributed by atoms with Gasteiger partial charge in [-0.15, -0.1) is 11.8 Å². The summed E-state index contributed by atoms with van der Waals surface area (Å²) in [6, 6.07) is 25.8. The molecule has 0 bridgehead atoms. The van der Waals surface area contributed by atoms with Gasteiger partial charge in [0.15, 0.2) is 0 Å². The van der Waals surface area contributed by atoms with Crippen LogP contribution in [0.2, 0.25) is 0 Å². The maximum atomic E-state index is 12.6. The number of amides is 1. The second kappa shape index (κ2) is 12.5.